The van der Waals surface area contributed by atoms with Crippen molar-refractivity contribution in [3.05, 3.63) is 36.0 Å². The van der Waals surface area contributed by atoms with Crippen molar-refractivity contribution in [1.82, 2.24) is 9.71 Å². The van der Waals surface area contributed by atoms with Crippen LogP contribution < -0.4 is 4.72 Å². The predicted octanol–water partition coefficient (Wildman–Crippen LogP) is 0.714. The van der Waals surface area contributed by atoms with E-state index in [4.69, 9.17) is 5.11 Å². The Morgan fingerprint density at radius 1 is 1.32 bits per heavy atom. The number of aromatic amines is 1. The molecule has 102 valence electrons. The van der Waals surface area contributed by atoms with Gasteiger partial charge >= 0.3 is 5.97 Å². The van der Waals surface area contributed by atoms with Crippen LogP contribution in [-0.2, 0) is 21.2 Å². The fraction of sp³-hybridized carbons (Fsp3) is 0.250. The Labute approximate surface area is 110 Å². The van der Waals surface area contributed by atoms with E-state index >= 15 is 0 Å². The predicted molar refractivity (Wildman–Crippen MR) is 71.4 cm³/mol. The summed E-state index contributed by atoms with van der Waals surface area (Å²) in [7, 11) is -3.75. The SMILES string of the molecule is O=C(O)CS(=O)(=O)NCCc1c[nH]c2ccccc12. The van der Waals surface area contributed by atoms with E-state index in [9.17, 15) is 13.2 Å². The van der Waals surface area contributed by atoms with E-state index in [0.717, 1.165) is 16.5 Å². The number of aliphatic carboxylic acids is 1. The van der Waals surface area contributed by atoms with Crippen molar-refractivity contribution in [2.24, 2.45) is 0 Å². The van der Waals surface area contributed by atoms with E-state index in [1.54, 1.807) is 0 Å². The molecule has 0 saturated heterocycles. The first-order chi connectivity index (χ1) is 8.98. The zero-order valence-corrected chi connectivity index (χ0v) is 10.9. The Balaban J connectivity index is 1.98. The Bertz CT molecular complexity index is 691. The van der Waals surface area contributed by atoms with E-state index in [-0.39, 0.29) is 6.54 Å². The number of aromatic nitrogens is 1. The molecule has 1 heterocycles. The minimum Gasteiger partial charge on any atom is -0.480 e. The molecule has 19 heavy (non-hydrogen) atoms. The minimum absolute atomic E-state index is 0.178. The molecule has 0 fully saturated rings. The highest BCUT2D eigenvalue weighted by Crippen LogP contribution is 2.17. The van der Waals surface area contributed by atoms with Crippen LogP contribution >= 0.6 is 0 Å². The van der Waals surface area contributed by atoms with Crippen molar-refractivity contribution in [3.63, 3.8) is 0 Å². The number of hydrogen-bond donors (Lipinski definition) is 3. The molecule has 1 aromatic heterocycles. The molecule has 1 aromatic carbocycles. The number of carboxylic acids is 1. The maximum Gasteiger partial charge on any atom is 0.320 e. The van der Waals surface area contributed by atoms with Crippen LogP contribution in [0.25, 0.3) is 10.9 Å². The molecule has 0 amide bonds. The first kappa shape index (κ1) is 13.6. The molecule has 0 atom stereocenters. The molecule has 6 nitrogen and oxygen atoms in total. The Kier molecular flexibility index (Phi) is 3.87. The van der Waals surface area contributed by atoms with Gasteiger partial charge in [-0.15, -0.1) is 0 Å². The Hall–Kier alpha value is -1.86. The molecular weight excluding hydrogens is 268 g/mol. The van der Waals surface area contributed by atoms with E-state index in [0.29, 0.717) is 6.42 Å². The summed E-state index contributed by atoms with van der Waals surface area (Å²) in [5, 5.41) is 9.49. The maximum atomic E-state index is 11.3. The highest BCUT2D eigenvalue weighted by Gasteiger charge is 2.14. The van der Waals surface area contributed by atoms with Crippen molar-refractivity contribution < 1.29 is 18.3 Å². The van der Waals surface area contributed by atoms with Gasteiger partial charge in [-0.2, -0.15) is 0 Å². The van der Waals surface area contributed by atoms with Crippen molar-refractivity contribution in [2.45, 2.75) is 6.42 Å². The molecular formula is C12H14N2O4S. The lowest BCUT2D eigenvalue weighted by Gasteiger charge is -2.03. The molecule has 0 aliphatic rings. The van der Waals surface area contributed by atoms with Crippen molar-refractivity contribution in [2.75, 3.05) is 12.3 Å². The smallest absolute Gasteiger partial charge is 0.320 e. The zero-order chi connectivity index (χ0) is 13.9. The number of carbonyl (C=O) groups is 1. The highest BCUT2D eigenvalue weighted by atomic mass is 32.2. The number of sulfonamides is 1. The summed E-state index contributed by atoms with van der Waals surface area (Å²) < 4.78 is 24.9. The summed E-state index contributed by atoms with van der Waals surface area (Å²) in [6.45, 7) is 0.178. The lowest BCUT2D eigenvalue weighted by Crippen LogP contribution is -2.31. The molecule has 0 radical (unpaired) electrons. The van der Waals surface area contributed by atoms with Gasteiger partial charge in [-0.05, 0) is 18.1 Å². The standard InChI is InChI=1S/C12H14N2O4S/c15-12(16)8-19(17,18)14-6-5-9-7-13-11-4-2-1-3-10(9)11/h1-4,7,13-14H,5-6,8H2,(H,15,16). The van der Waals surface area contributed by atoms with Gasteiger partial charge in [-0.3, -0.25) is 4.79 Å². The van der Waals surface area contributed by atoms with Crippen LogP contribution in [0.5, 0.6) is 0 Å². The van der Waals surface area contributed by atoms with Crippen LogP contribution in [0.2, 0.25) is 0 Å². The van der Waals surface area contributed by atoms with E-state index in [2.05, 4.69) is 9.71 Å². The van der Waals surface area contributed by atoms with Gasteiger partial charge in [-0.1, -0.05) is 18.2 Å². The second-order valence-corrected chi connectivity index (χ2v) is 5.96. The zero-order valence-electron chi connectivity index (χ0n) is 10.1. The third kappa shape index (κ3) is 3.55. The lowest BCUT2D eigenvalue weighted by atomic mass is 10.1. The van der Waals surface area contributed by atoms with Gasteiger partial charge in [-0.25, -0.2) is 13.1 Å². The monoisotopic (exact) mass is 282 g/mol. The van der Waals surface area contributed by atoms with Crippen molar-refractivity contribution in [3.8, 4) is 0 Å². The van der Waals surface area contributed by atoms with E-state index in [1.165, 1.54) is 0 Å². The number of rotatable bonds is 6. The Morgan fingerprint density at radius 3 is 2.79 bits per heavy atom. The molecule has 2 rings (SSSR count). The van der Waals surface area contributed by atoms with Crippen LogP contribution in [0.4, 0.5) is 0 Å². The largest absolute Gasteiger partial charge is 0.480 e. The average molecular weight is 282 g/mol. The molecule has 0 bridgehead atoms. The normalized spacial score (nSPS) is 11.8. The number of H-pyrrole nitrogens is 1. The van der Waals surface area contributed by atoms with Crippen molar-refractivity contribution >= 4 is 26.9 Å². The van der Waals surface area contributed by atoms with Gasteiger partial charge in [0.25, 0.3) is 0 Å². The molecule has 0 saturated carbocycles. The van der Waals surface area contributed by atoms with Crippen LogP contribution in [0.1, 0.15) is 5.56 Å². The third-order valence-corrected chi connectivity index (χ3v) is 3.98. The maximum absolute atomic E-state index is 11.3. The van der Waals surface area contributed by atoms with Crippen LogP contribution in [0, 0.1) is 0 Å². The Morgan fingerprint density at radius 2 is 2.05 bits per heavy atom. The van der Waals surface area contributed by atoms with Crippen LogP contribution in [-0.4, -0.2) is 36.8 Å². The second kappa shape index (κ2) is 5.41. The molecule has 0 unspecified atom stereocenters. The number of fused-ring (bicyclic) bond motifs is 1. The second-order valence-electron chi connectivity index (χ2n) is 4.16. The number of benzene rings is 1. The summed E-state index contributed by atoms with van der Waals surface area (Å²) in [5.41, 5.74) is 1.99. The van der Waals surface area contributed by atoms with Gasteiger partial charge in [0, 0.05) is 23.6 Å². The van der Waals surface area contributed by atoms with Gasteiger partial charge in [0.15, 0.2) is 5.75 Å². The van der Waals surface area contributed by atoms with Crippen LogP contribution in [0.3, 0.4) is 0 Å². The fourth-order valence-corrected chi connectivity index (χ4v) is 2.73. The molecule has 0 spiro atoms. The topological polar surface area (TPSA) is 99.3 Å². The minimum atomic E-state index is -3.75. The van der Waals surface area contributed by atoms with Gasteiger partial charge in [0.05, 0.1) is 0 Å². The number of hydrogen-bond acceptors (Lipinski definition) is 3. The number of nitrogens with one attached hydrogen (secondary N) is 2. The summed E-state index contributed by atoms with van der Waals surface area (Å²) >= 11 is 0. The van der Waals surface area contributed by atoms with E-state index in [1.807, 2.05) is 30.5 Å². The molecule has 7 heteroatoms. The summed E-state index contributed by atoms with van der Waals surface area (Å²) in [6.07, 6.45) is 2.33. The van der Waals surface area contributed by atoms with Gasteiger partial charge in [0.1, 0.15) is 0 Å². The average Bonchev–Trinajstić information content (AvgIpc) is 2.71. The molecule has 0 aliphatic heterocycles. The summed E-state index contributed by atoms with van der Waals surface area (Å²) in [5.74, 6) is -2.26. The first-order valence-corrected chi connectivity index (χ1v) is 7.37. The summed E-state index contributed by atoms with van der Waals surface area (Å²) in [6, 6.07) is 7.72. The molecule has 3 N–H and O–H groups in total. The number of carboxylic acid groups (broad SMARTS) is 1. The molecule has 0 aliphatic carbocycles. The van der Waals surface area contributed by atoms with Gasteiger partial charge in [0.2, 0.25) is 10.0 Å². The van der Waals surface area contributed by atoms with E-state index < -0.39 is 21.7 Å². The number of para-hydroxylation sites is 1. The quantitative estimate of drug-likeness (QED) is 0.726. The lowest BCUT2D eigenvalue weighted by molar-refractivity contribution is -0.134. The first-order valence-electron chi connectivity index (χ1n) is 5.72. The molecule has 2 aromatic rings. The fourth-order valence-electron chi connectivity index (χ4n) is 1.89. The van der Waals surface area contributed by atoms with Crippen LogP contribution in [0.15, 0.2) is 30.5 Å². The van der Waals surface area contributed by atoms with Crippen molar-refractivity contribution in [1.29, 1.82) is 0 Å². The summed E-state index contributed by atoms with van der Waals surface area (Å²) in [4.78, 5) is 13.5. The third-order valence-electron chi connectivity index (χ3n) is 2.70. The highest BCUT2D eigenvalue weighted by molar-refractivity contribution is 7.90. The van der Waals surface area contributed by atoms with Gasteiger partial charge < -0.3 is 10.1 Å².